The zero-order valence-electron chi connectivity index (χ0n) is 12.6. The maximum atomic E-state index is 5.39. The predicted octanol–water partition coefficient (Wildman–Crippen LogP) is 4.72. The molecule has 0 heterocycles. The van der Waals surface area contributed by atoms with Crippen LogP contribution in [0.4, 0.5) is 0 Å². The number of allylic oxidation sites excluding steroid dienone is 2. The first-order chi connectivity index (χ1) is 9.71. The fourth-order valence-electron chi connectivity index (χ4n) is 5.17. The van der Waals surface area contributed by atoms with Gasteiger partial charge in [0.05, 0.1) is 7.11 Å². The minimum atomic E-state index is 0.491. The lowest BCUT2D eigenvalue weighted by atomic mass is 9.56. The standard InChI is InChI=1S/C19H24O/c1-19-10-3-4-18(19)17-7-5-13-12-14(20-2)6-8-15(13)16(17)9-11-19/h3,6,8,10,12,16-18H,4-5,7,9,11H2,1-2H3/t16-,17-,18-,19-/m0/s1. The lowest BCUT2D eigenvalue weighted by Crippen LogP contribution is -2.39. The van der Waals surface area contributed by atoms with Gasteiger partial charge in [0.2, 0.25) is 0 Å². The minimum Gasteiger partial charge on any atom is -0.497 e. The minimum absolute atomic E-state index is 0.491. The average molecular weight is 268 g/mol. The normalized spacial score (nSPS) is 38.0. The second kappa shape index (κ2) is 4.38. The van der Waals surface area contributed by atoms with Gasteiger partial charge in [-0.15, -0.1) is 0 Å². The Morgan fingerprint density at radius 1 is 1.25 bits per heavy atom. The van der Waals surface area contributed by atoms with Crippen molar-refractivity contribution in [2.45, 2.75) is 44.9 Å². The first-order valence-corrected chi connectivity index (χ1v) is 8.06. The topological polar surface area (TPSA) is 9.23 Å². The molecule has 106 valence electrons. The molecular formula is C19H24O. The Labute approximate surface area is 122 Å². The summed E-state index contributed by atoms with van der Waals surface area (Å²) in [5.74, 6) is 3.59. The number of hydrogen-bond acceptors (Lipinski definition) is 1. The monoisotopic (exact) mass is 268 g/mol. The van der Waals surface area contributed by atoms with Crippen LogP contribution in [-0.4, -0.2) is 7.11 Å². The summed E-state index contributed by atoms with van der Waals surface area (Å²) in [6.45, 7) is 2.49. The van der Waals surface area contributed by atoms with E-state index in [0.29, 0.717) is 5.41 Å². The Hall–Kier alpha value is -1.24. The van der Waals surface area contributed by atoms with E-state index < -0.39 is 0 Å². The highest BCUT2D eigenvalue weighted by Gasteiger charge is 2.48. The van der Waals surface area contributed by atoms with Crippen LogP contribution in [0.3, 0.4) is 0 Å². The van der Waals surface area contributed by atoms with Crippen molar-refractivity contribution in [1.29, 1.82) is 0 Å². The van der Waals surface area contributed by atoms with E-state index in [1.54, 1.807) is 18.2 Å². The predicted molar refractivity (Wildman–Crippen MR) is 82.1 cm³/mol. The molecule has 1 nitrogen and oxygen atoms in total. The third-order valence-corrected chi connectivity index (χ3v) is 6.26. The van der Waals surface area contributed by atoms with E-state index in [2.05, 4.69) is 37.3 Å². The molecule has 1 aromatic rings. The summed E-state index contributed by atoms with van der Waals surface area (Å²) in [6, 6.07) is 6.77. The van der Waals surface area contributed by atoms with E-state index >= 15 is 0 Å². The largest absolute Gasteiger partial charge is 0.497 e. The summed E-state index contributed by atoms with van der Waals surface area (Å²) in [5.41, 5.74) is 3.65. The Morgan fingerprint density at radius 2 is 2.15 bits per heavy atom. The van der Waals surface area contributed by atoms with Gasteiger partial charge in [0.15, 0.2) is 0 Å². The molecule has 0 N–H and O–H groups in total. The maximum absolute atomic E-state index is 5.39. The SMILES string of the molecule is COc1ccc2c(c1)CC[C@H]1[C@H]2CC[C@]2(C)C=CC[C@@H]12. The molecular weight excluding hydrogens is 244 g/mol. The number of rotatable bonds is 1. The molecule has 1 heteroatoms. The van der Waals surface area contributed by atoms with Crippen molar-refractivity contribution in [1.82, 2.24) is 0 Å². The van der Waals surface area contributed by atoms with Gasteiger partial charge in [-0.3, -0.25) is 0 Å². The summed E-state index contributed by atoms with van der Waals surface area (Å²) in [5, 5.41) is 0. The molecule has 3 aliphatic rings. The highest BCUT2D eigenvalue weighted by molar-refractivity contribution is 5.41. The summed E-state index contributed by atoms with van der Waals surface area (Å²) in [7, 11) is 1.77. The highest BCUT2D eigenvalue weighted by atomic mass is 16.5. The Morgan fingerprint density at radius 3 is 3.00 bits per heavy atom. The molecule has 0 aromatic heterocycles. The van der Waals surface area contributed by atoms with E-state index in [-0.39, 0.29) is 0 Å². The lowest BCUT2D eigenvalue weighted by molar-refractivity contribution is 0.0826. The van der Waals surface area contributed by atoms with Gasteiger partial charge < -0.3 is 4.74 Å². The fourth-order valence-corrected chi connectivity index (χ4v) is 5.17. The second-order valence-corrected chi connectivity index (χ2v) is 7.16. The van der Waals surface area contributed by atoms with Crippen molar-refractivity contribution < 1.29 is 4.74 Å². The molecule has 1 aromatic carbocycles. The number of aryl methyl sites for hydroxylation is 1. The van der Waals surface area contributed by atoms with E-state index in [0.717, 1.165) is 23.5 Å². The smallest absolute Gasteiger partial charge is 0.119 e. The maximum Gasteiger partial charge on any atom is 0.119 e. The van der Waals surface area contributed by atoms with Crippen molar-refractivity contribution in [2.24, 2.45) is 17.3 Å². The van der Waals surface area contributed by atoms with E-state index in [4.69, 9.17) is 4.74 Å². The molecule has 1 saturated carbocycles. The van der Waals surface area contributed by atoms with Crippen molar-refractivity contribution in [3.8, 4) is 5.75 Å². The number of methoxy groups -OCH3 is 1. The van der Waals surface area contributed by atoms with Crippen molar-refractivity contribution >= 4 is 0 Å². The molecule has 0 bridgehead atoms. The van der Waals surface area contributed by atoms with Crippen LogP contribution in [0, 0.1) is 17.3 Å². The summed E-state index contributed by atoms with van der Waals surface area (Å²) in [6.07, 6.45) is 11.6. The van der Waals surface area contributed by atoms with Crippen molar-refractivity contribution in [3.05, 3.63) is 41.5 Å². The molecule has 4 rings (SSSR count). The van der Waals surface area contributed by atoms with E-state index in [1.807, 2.05) is 0 Å². The zero-order chi connectivity index (χ0) is 13.7. The van der Waals surface area contributed by atoms with Crippen molar-refractivity contribution in [3.63, 3.8) is 0 Å². The molecule has 20 heavy (non-hydrogen) atoms. The van der Waals surface area contributed by atoms with Gasteiger partial charge in [0.1, 0.15) is 5.75 Å². The summed E-state index contributed by atoms with van der Waals surface area (Å²) < 4.78 is 5.39. The molecule has 0 aliphatic heterocycles. The molecule has 4 atom stereocenters. The van der Waals surface area contributed by atoms with Gasteiger partial charge in [-0.1, -0.05) is 25.1 Å². The van der Waals surface area contributed by atoms with Crippen LogP contribution in [0.25, 0.3) is 0 Å². The first kappa shape index (κ1) is 12.5. The van der Waals surface area contributed by atoms with Gasteiger partial charge in [0, 0.05) is 0 Å². The fraction of sp³-hybridized carbons (Fsp3) is 0.579. The van der Waals surface area contributed by atoms with Crippen LogP contribution >= 0.6 is 0 Å². The molecule has 3 aliphatic carbocycles. The molecule has 0 saturated heterocycles. The summed E-state index contributed by atoms with van der Waals surface area (Å²) >= 11 is 0. The van der Waals surface area contributed by atoms with Gasteiger partial charge in [-0.05, 0) is 78.5 Å². The average Bonchev–Trinajstić information content (AvgIpc) is 2.88. The third kappa shape index (κ3) is 1.68. The number of fused-ring (bicyclic) bond motifs is 5. The van der Waals surface area contributed by atoms with Crippen LogP contribution in [-0.2, 0) is 6.42 Å². The Balaban J connectivity index is 1.70. The van der Waals surface area contributed by atoms with Crippen LogP contribution < -0.4 is 4.74 Å². The first-order valence-electron chi connectivity index (χ1n) is 8.06. The quantitative estimate of drug-likeness (QED) is 0.670. The van der Waals surface area contributed by atoms with Gasteiger partial charge in [0.25, 0.3) is 0 Å². The molecule has 0 radical (unpaired) electrons. The van der Waals surface area contributed by atoms with Gasteiger partial charge >= 0.3 is 0 Å². The van der Waals surface area contributed by atoms with Gasteiger partial charge in [-0.2, -0.15) is 0 Å². The van der Waals surface area contributed by atoms with Crippen LogP contribution in [0.1, 0.15) is 49.7 Å². The molecule has 0 spiro atoms. The van der Waals surface area contributed by atoms with Gasteiger partial charge in [-0.25, -0.2) is 0 Å². The number of ether oxygens (including phenoxy) is 1. The molecule has 0 amide bonds. The van der Waals surface area contributed by atoms with Crippen LogP contribution in [0.15, 0.2) is 30.4 Å². The Bertz CT molecular complexity index is 559. The molecule has 0 unspecified atom stereocenters. The van der Waals surface area contributed by atoms with E-state index in [9.17, 15) is 0 Å². The van der Waals surface area contributed by atoms with Crippen LogP contribution in [0.5, 0.6) is 5.75 Å². The Kier molecular flexibility index (Phi) is 2.73. The number of benzene rings is 1. The lowest BCUT2D eigenvalue weighted by Gasteiger charge is -2.49. The summed E-state index contributed by atoms with van der Waals surface area (Å²) in [4.78, 5) is 0. The number of hydrogen-bond donors (Lipinski definition) is 0. The highest BCUT2D eigenvalue weighted by Crippen LogP contribution is 2.58. The molecule has 1 fully saturated rings. The second-order valence-electron chi connectivity index (χ2n) is 7.16. The van der Waals surface area contributed by atoms with Crippen molar-refractivity contribution in [2.75, 3.05) is 7.11 Å². The van der Waals surface area contributed by atoms with E-state index in [1.165, 1.54) is 32.1 Å². The van der Waals surface area contributed by atoms with Crippen LogP contribution in [0.2, 0.25) is 0 Å². The third-order valence-electron chi connectivity index (χ3n) is 6.26. The zero-order valence-corrected chi connectivity index (χ0v) is 12.6.